The molecule has 1 aromatic rings. The molecule has 0 spiro atoms. The van der Waals surface area contributed by atoms with Crippen molar-refractivity contribution in [2.24, 2.45) is 10.9 Å². The molecule has 1 aliphatic carbocycles. The molecule has 0 saturated carbocycles. The highest BCUT2D eigenvalue weighted by atomic mass is 16.5. The number of hydrogen-bond acceptors (Lipinski definition) is 4. The van der Waals surface area contributed by atoms with E-state index >= 15 is 0 Å². The van der Waals surface area contributed by atoms with Crippen molar-refractivity contribution >= 4 is 5.90 Å². The van der Waals surface area contributed by atoms with Gasteiger partial charge in [-0.2, -0.15) is 0 Å². The fourth-order valence-electron chi connectivity index (χ4n) is 2.89. The second kappa shape index (κ2) is 16.2. The summed E-state index contributed by atoms with van der Waals surface area (Å²) in [6.45, 7) is 12.5. The molecule has 0 aromatic heterocycles. The van der Waals surface area contributed by atoms with Crippen LogP contribution in [0.5, 0.6) is 5.75 Å². The van der Waals surface area contributed by atoms with Crippen LogP contribution in [-0.2, 0) is 9.47 Å². The number of methoxy groups -OCH3 is 1. The molecule has 2 rings (SSSR count). The first-order chi connectivity index (χ1) is 15.1. The average Bonchev–Trinajstić information content (AvgIpc) is 2.89. The molecule has 0 bridgehead atoms. The zero-order chi connectivity index (χ0) is 22.9. The van der Waals surface area contributed by atoms with Crippen LogP contribution in [0.4, 0.5) is 0 Å². The summed E-state index contributed by atoms with van der Waals surface area (Å²) in [5, 5.41) is 0. The molecule has 1 aliphatic rings. The number of rotatable bonds is 9. The van der Waals surface area contributed by atoms with E-state index in [2.05, 4.69) is 50.1 Å². The molecule has 0 aliphatic heterocycles. The molecule has 4 heteroatoms. The van der Waals surface area contributed by atoms with Crippen molar-refractivity contribution in [3.8, 4) is 5.75 Å². The highest BCUT2D eigenvalue weighted by Gasteiger charge is 2.06. The van der Waals surface area contributed by atoms with E-state index in [-0.39, 0.29) is 0 Å². The first kappa shape index (κ1) is 26.5. The minimum absolute atomic E-state index is 0.615. The largest absolute Gasteiger partial charge is 0.497 e. The van der Waals surface area contributed by atoms with Gasteiger partial charge in [-0.1, -0.05) is 45.4 Å². The summed E-state index contributed by atoms with van der Waals surface area (Å²) in [5.74, 6) is 3.04. The first-order valence-electron chi connectivity index (χ1n) is 11.6. The predicted octanol–water partition coefficient (Wildman–Crippen LogP) is 7.12. The second-order valence-corrected chi connectivity index (χ2v) is 7.33. The van der Waals surface area contributed by atoms with Crippen molar-refractivity contribution in [2.45, 2.75) is 60.3 Å². The number of aliphatic imine (C=N–C) groups is 1. The Labute approximate surface area is 189 Å². The summed E-state index contributed by atoms with van der Waals surface area (Å²) >= 11 is 0. The molecule has 1 aromatic carbocycles. The number of nitrogens with zero attached hydrogens (tertiary/aromatic N) is 1. The third kappa shape index (κ3) is 10.4. The molecule has 172 valence electrons. The van der Waals surface area contributed by atoms with Crippen molar-refractivity contribution in [3.05, 3.63) is 65.5 Å². The van der Waals surface area contributed by atoms with Crippen LogP contribution in [0.3, 0.4) is 0 Å². The van der Waals surface area contributed by atoms with Crippen LogP contribution >= 0.6 is 0 Å². The van der Waals surface area contributed by atoms with E-state index in [1.165, 1.54) is 12.0 Å². The molecule has 0 saturated heterocycles. The fraction of sp³-hybridized carbons (Fsp3) is 0.519. The average molecular weight is 428 g/mol. The standard InChI is InChI=1S/C25H35NO3.C2H6/c1-5-18-29-25(22-12-15-23(27-4)16-13-22)26-17-8-19-28-24-10-7-6-9-20(2)21(3)11-14-24;1-2/h7,10-16,20H,5-6,8-9,17-19H2,1-4H3;1-2H3/b10-7+,21-11+,24-14+,26-25?;. The molecule has 0 amide bonds. The lowest BCUT2D eigenvalue weighted by molar-refractivity contribution is 0.222. The van der Waals surface area contributed by atoms with Crippen LogP contribution in [0.25, 0.3) is 0 Å². The van der Waals surface area contributed by atoms with Crippen LogP contribution in [0.15, 0.2) is 64.9 Å². The van der Waals surface area contributed by atoms with Crippen LogP contribution < -0.4 is 4.74 Å². The van der Waals surface area contributed by atoms with Gasteiger partial charge in [-0.3, -0.25) is 4.99 Å². The molecule has 0 radical (unpaired) electrons. The van der Waals surface area contributed by atoms with Gasteiger partial charge in [-0.15, -0.1) is 0 Å². The van der Waals surface area contributed by atoms with E-state index in [1.807, 2.05) is 38.1 Å². The summed E-state index contributed by atoms with van der Waals surface area (Å²) in [6.07, 6.45) is 12.6. The quantitative estimate of drug-likeness (QED) is 0.239. The Bertz CT molecular complexity index is 729. The molecule has 1 atom stereocenters. The van der Waals surface area contributed by atoms with Gasteiger partial charge >= 0.3 is 0 Å². The van der Waals surface area contributed by atoms with Crippen molar-refractivity contribution in [1.82, 2.24) is 0 Å². The van der Waals surface area contributed by atoms with Gasteiger partial charge in [0.2, 0.25) is 5.90 Å². The Kier molecular flexibility index (Phi) is 13.9. The Morgan fingerprint density at radius 2 is 1.84 bits per heavy atom. The lowest BCUT2D eigenvalue weighted by Gasteiger charge is -2.10. The topological polar surface area (TPSA) is 40.0 Å². The SMILES string of the molecule is CC.CCCOC(=NCCCOC1=C/C=C(\C)C(C)CC\C=C\1)c1ccc(OC)cc1. The van der Waals surface area contributed by atoms with Gasteiger partial charge in [0.05, 0.1) is 20.3 Å². The third-order valence-corrected chi connectivity index (χ3v) is 4.94. The Morgan fingerprint density at radius 1 is 1.10 bits per heavy atom. The number of ether oxygens (including phenoxy) is 3. The first-order valence-corrected chi connectivity index (χ1v) is 11.6. The maximum Gasteiger partial charge on any atom is 0.216 e. The van der Waals surface area contributed by atoms with E-state index in [0.29, 0.717) is 31.6 Å². The zero-order valence-corrected chi connectivity index (χ0v) is 20.3. The van der Waals surface area contributed by atoms with Crippen LogP contribution in [0.1, 0.15) is 65.9 Å². The predicted molar refractivity (Wildman–Crippen MR) is 132 cm³/mol. The van der Waals surface area contributed by atoms with Crippen molar-refractivity contribution in [1.29, 1.82) is 0 Å². The maximum atomic E-state index is 5.96. The molecule has 31 heavy (non-hydrogen) atoms. The third-order valence-electron chi connectivity index (χ3n) is 4.94. The minimum atomic E-state index is 0.615. The molecule has 1 unspecified atom stereocenters. The Hall–Kier alpha value is -2.49. The van der Waals surface area contributed by atoms with E-state index in [0.717, 1.165) is 36.3 Å². The number of hydrogen-bond donors (Lipinski definition) is 0. The highest BCUT2D eigenvalue weighted by molar-refractivity contribution is 5.94. The summed E-state index contributed by atoms with van der Waals surface area (Å²) in [6, 6.07) is 7.81. The van der Waals surface area contributed by atoms with Crippen LogP contribution in [0, 0.1) is 5.92 Å². The van der Waals surface area contributed by atoms with Gasteiger partial charge in [-0.05, 0) is 68.5 Å². The number of benzene rings is 1. The van der Waals surface area contributed by atoms with E-state index in [4.69, 9.17) is 14.2 Å². The monoisotopic (exact) mass is 427 g/mol. The van der Waals surface area contributed by atoms with Gasteiger partial charge < -0.3 is 14.2 Å². The fourth-order valence-corrected chi connectivity index (χ4v) is 2.89. The normalized spacial score (nSPS) is 21.0. The van der Waals surface area contributed by atoms with Gasteiger partial charge in [0.15, 0.2) is 0 Å². The maximum absolute atomic E-state index is 5.96. The van der Waals surface area contributed by atoms with Crippen molar-refractivity contribution < 1.29 is 14.2 Å². The van der Waals surface area contributed by atoms with E-state index in [1.54, 1.807) is 7.11 Å². The molecular formula is C27H41NO3. The summed E-state index contributed by atoms with van der Waals surface area (Å²) < 4.78 is 17.0. The van der Waals surface area contributed by atoms with Crippen molar-refractivity contribution in [2.75, 3.05) is 26.9 Å². The highest BCUT2D eigenvalue weighted by Crippen LogP contribution is 2.19. The summed E-state index contributed by atoms with van der Waals surface area (Å²) in [4.78, 5) is 4.66. The molecule has 4 nitrogen and oxygen atoms in total. The molecule has 0 N–H and O–H groups in total. The minimum Gasteiger partial charge on any atom is -0.497 e. The van der Waals surface area contributed by atoms with E-state index in [9.17, 15) is 0 Å². The second-order valence-electron chi connectivity index (χ2n) is 7.33. The van der Waals surface area contributed by atoms with Gasteiger partial charge in [-0.25, -0.2) is 0 Å². The smallest absolute Gasteiger partial charge is 0.216 e. The van der Waals surface area contributed by atoms with Crippen LogP contribution in [0.2, 0.25) is 0 Å². The van der Waals surface area contributed by atoms with Gasteiger partial charge in [0.1, 0.15) is 11.5 Å². The zero-order valence-electron chi connectivity index (χ0n) is 20.3. The molecular weight excluding hydrogens is 386 g/mol. The van der Waals surface area contributed by atoms with Gasteiger partial charge in [0, 0.05) is 18.5 Å². The lowest BCUT2D eigenvalue weighted by atomic mass is 9.97. The lowest BCUT2D eigenvalue weighted by Crippen LogP contribution is -2.09. The van der Waals surface area contributed by atoms with E-state index < -0.39 is 0 Å². The van der Waals surface area contributed by atoms with Gasteiger partial charge in [0.25, 0.3) is 0 Å². The van der Waals surface area contributed by atoms with Crippen molar-refractivity contribution in [3.63, 3.8) is 0 Å². The summed E-state index contributed by atoms with van der Waals surface area (Å²) in [5.41, 5.74) is 2.37. The molecule has 0 fully saturated rings. The Balaban J connectivity index is 0.00000233. The Morgan fingerprint density at radius 3 is 2.52 bits per heavy atom. The molecule has 0 heterocycles. The summed E-state index contributed by atoms with van der Waals surface area (Å²) in [7, 11) is 1.66. The van der Waals surface area contributed by atoms with Crippen LogP contribution in [-0.4, -0.2) is 32.8 Å². The number of allylic oxidation sites excluding steroid dienone is 5.